The third-order valence-corrected chi connectivity index (χ3v) is 2.68. The Labute approximate surface area is 103 Å². The molecule has 0 N–H and O–H groups in total. The van der Waals surface area contributed by atoms with Gasteiger partial charge in [0.1, 0.15) is 11.6 Å². The molecule has 18 heavy (non-hydrogen) atoms. The summed E-state index contributed by atoms with van der Waals surface area (Å²) in [5.74, 6) is -2.77. The number of carbonyl (C=O) groups excluding carboxylic acids is 1. The van der Waals surface area contributed by atoms with Gasteiger partial charge in [-0.15, -0.1) is 0 Å². The summed E-state index contributed by atoms with van der Waals surface area (Å²) < 4.78 is 26.3. The van der Waals surface area contributed by atoms with Crippen LogP contribution in [0.15, 0.2) is 36.4 Å². The standard InChI is InChI=1S/C14H10F2O2/c1-8-6-9(2-4-12(8)15)10-3-5-13(16)11(7-10)14(17)18/h2-7H,1H3,(H,17,18)/p-1. The second-order valence-corrected chi connectivity index (χ2v) is 3.95. The third-order valence-electron chi connectivity index (χ3n) is 2.68. The van der Waals surface area contributed by atoms with Crippen molar-refractivity contribution in [2.45, 2.75) is 6.92 Å². The van der Waals surface area contributed by atoms with E-state index in [4.69, 9.17) is 0 Å². The number of aryl methyl sites for hydroxylation is 1. The van der Waals surface area contributed by atoms with Crippen LogP contribution in [0.1, 0.15) is 15.9 Å². The van der Waals surface area contributed by atoms with Gasteiger partial charge in [0, 0.05) is 5.56 Å². The summed E-state index contributed by atoms with van der Waals surface area (Å²) in [4.78, 5) is 10.7. The van der Waals surface area contributed by atoms with Crippen molar-refractivity contribution in [2.75, 3.05) is 0 Å². The fourth-order valence-corrected chi connectivity index (χ4v) is 1.69. The van der Waals surface area contributed by atoms with Crippen molar-refractivity contribution in [3.05, 3.63) is 59.2 Å². The SMILES string of the molecule is Cc1cc(-c2ccc(F)c(C(=O)[O-])c2)ccc1F. The van der Waals surface area contributed by atoms with Crippen LogP contribution < -0.4 is 5.11 Å². The van der Waals surface area contributed by atoms with E-state index in [1.54, 1.807) is 13.0 Å². The quantitative estimate of drug-likeness (QED) is 0.817. The van der Waals surface area contributed by atoms with Crippen LogP contribution >= 0.6 is 0 Å². The number of rotatable bonds is 2. The van der Waals surface area contributed by atoms with E-state index < -0.39 is 17.3 Å². The molecule has 0 unspecified atom stereocenters. The third kappa shape index (κ3) is 2.22. The Balaban J connectivity index is 2.54. The van der Waals surface area contributed by atoms with Gasteiger partial charge in [-0.3, -0.25) is 0 Å². The maximum atomic E-state index is 13.2. The minimum absolute atomic E-state index is 0.346. The van der Waals surface area contributed by atoms with E-state index >= 15 is 0 Å². The molecule has 0 saturated carbocycles. The van der Waals surface area contributed by atoms with Crippen LogP contribution in [0.5, 0.6) is 0 Å². The molecule has 0 aliphatic heterocycles. The molecule has 0 fully saturated rings. The van der Waals surface area contributed by atoms with Gasteiger partial charge < -0.3 is 9.90 Å². The van der Waals surface area contributed by atoms with E-state index in [0.717, 1.165) is 6.07 Å². The van der Waals surface area contributed by atoms with Crippen LogP contribution in [-0.2, 0) is 0 Å². The molecule has 0 aliphatic rings. The van der Waals surface area contributed by atoms with Gasteiger partial charge in [-0.2, -0.15) is 0 Å². The molecule has 0 saturated heterocycles. The minimum Gasteiger partial charge on any atom is -0.545 e. The average molecular weight is 247 g/mol. The van der Waals surface area contributed by atoms with Crippen molar-refractivity contribution in [2.24, 2.45) is 0 Å². The Morgan fingerprint density at radius 3 is 2.11 bits per heavy atom. The van der Waals surface area contributed by atoms with Gasteiger partial charge in [0.25, 0.3) is 0 Å². The van der Waals surface area contributed by atoms with Crippen molar-refractivity contribution in [3.63, 3.8) is 0 Å². The maximum absolute atomic E-state index is 13.2. The van der Waals surface area contributed by atoms with Crippen molar-refractivity contribution in [1.29, 1.82) is 0 Å². The lowest BCUT2D eigenvalue weighted by Crippen LogP contribution is -2.23. The van der Waals surface area contributed by atoms with Gasteiger partial charge in [-0.05, 0) is 47.9 Å². The summed E-state index contributed by atoms with van der Waals surface area (Å²) in [5, 5.41) is 10.7. The predicted molar refractivity (Wildman–Crippen MR) is 60.9 cm³/mol. The summed E-state index contributed by atoms with van der Waals surface area (Å²) in [6.45, 7) is 1.60. The topological polar surface area (TPSA) is 40.1 Å². The molecule has 4 heteroatoms. The maximum Gasteiger partial charge on any atom is 0.132 e. The van der Waals surface area contributed by atoms with Crippen LogP contribution in [0.4, 0.5) is 8.78 Å². The highest BCUT2D eigenvalue weighted by Crippen LogP contribution is 2.23. The van der Waals surface area contributed by atoms with Crippen LogP contribution in [0.2, 0.25) is 0 Å². The molecule has 0 atom stereocenters. The van der Waals surface area contributed by atoms with Crippen molar-refractivity contribution in [1.82, 2.24) is 0 Å². The molecule has 2 rings (SSSR count). The first-order valence-electron chi connectivity index (χ1n) is 5.26. The largest absolute Gasteiger partial charge is 0.545 e. The smallest absolute Gasteiger partial charge is 0.132 e. The Kier molecular flexibility index (Phi) is 3.10. The average Bonchev–Trinajstić information content (AvgIpc) is 2.33. The molecular formula is C14H9F2O2-. The lowest BCUT2D eigenvalue weighted by Gasteiger charge is -2.08. The second kappa shape index (κ2) is 4.56. The summed E-state index contributed by atoms with van der Waals surface area (Å²) in [5.41, 5.74) is 1.05. The first kappa shape index (κ1) is 12.2. The van der Waals surface area contributed by atoms with E-state index in [-0.39, 0.29) is 5.82 Å². The highest BCUT2D eigenvalue weighted by molar-refractivity contribution is 5.88. The van der Waals surface area contributed by atoms with Gasteiger partial charge >= 0.3 is 0 Å². The molecule has 0 aliphatic carbocycles. The number of hydrogen-bond donors (Lipinski definition) is 0. The molecule has 2 nitrogen and oxygen atoms in total. The Hall–Kier alpha value is -2.23. The highest BCUT2D eigenvalue weighted by Gasteiger charge is 2.07. The van der Waals surface area contributed by atoms with E-state index in [9.17, 15) is 18.7 Å². The molecule has 2 aromatic rings. The van der Waals surface area contributed by atoms with Crippen LogP contribution in [0.3, 0.4) is 0 Å². The molecule has 0 heterocycles. The molecule has 0 amide bonds. The number of hydrogen-bond acceptors (Lipinski definition) is 2. The number of benzene rings is 2. The van der Waals surface area contributed by atoms with Gasteiger partial charge in [-0.1, -0.05) is 12.1 Å². The van der Waals surface area contributed by atoms with Crippen molar-refractivity contribution < 1.29 is 18.7 Å². The molecule has 0 spiro atoms. The van der Waals surface area contributed by atoms with E-state index in [0.29, 0.717) is 16.7 Å². The fraction of sp³-hybridized carbons (Fsp3) is 0.0714. The van der Waals surface area contributed by atoms with E-state index in [1.165, 1.54) is 24.3 Å². The lowest BCUT2D eigenvalue weighted by atomic mass is 10.0. The van der Waals surface area contributed by atoms with Crippen molar-refractivity contribution >= 4 is 5.97 Å². The zero-order chi connectivity index (χ0) is 13.3. The first-order valence-corrected chi connectivity index (χ1v) is 5.26. The zero-order valence-corrected chi connectivity index (χ0v) is 9.54. The van der Waals surface area contributed by atoms with Gasteiger partial charge in [-0.25, -0.2) is 8.78 Å². The highest BCUT2D eigenvalue weighted by atomic mass is 19.1. The second-order valence-electron chi connectivity index (χ2n) is 3.95. The van der Waals surface area contributed by atoms with Crippen LogP contribution in [0.25, 0.3) is 11.1 Å². The number of carbonyl (C=O) groups is 1. The summed E-state index contributed by atoms with van der Waals surface area (Å²) >= 11 is 0. The zero-order valence-electron chi connectivity index (χ0n) is 9.54. The predicted octanol–water partition coefficient (Wildman–Crippen LogP) is 2.30. The van der Waals surface area contributed by atoms with Crippen LogP contribution in [0, 0.1) is 18.6 Å². The molecule has 0 aromatic heterocycles. The molecule has 0 radical (unpaired) electrons. The lowest BCUT2D eigenvalue weighted by molar-refractivity contribution is -0.255. The molecule has 2 aromatic carbocycles. The fourth-order valence-electron chi connectivity index (χ4n) is 1.69. The van der Waals surface area contributed by atoms with Gasteiger partial charge in [0.05, 0.1) is 5.97 Å². The molecule has 0 bridgehead atoms. The Morgan fingerprint density at radius 2 is 1.56 bits per heavy atom. The molecule has 92 valence electrons. The van der Waals surface area contributed by atoms with Gasteiger partial charge in [0.2, 0.25) is 0 Å². The summed E-state index contributed by atoms with van der Waals surface area (Å²) in [6, 6.07) is 8.04. The number of carboxylic acids is 1. The summed E-state index contributed by atoms with van der Waals surface area (Å²) in [6.07, 6.45) is 0. The van der Waals surface area contributed by atoms with E-state index in [1.807, 2.05) is 0 Å². The summed E-state index contributed by atoms with van der Waals surface area (Å²) in [7, 11) is 0. The Morgan fingerprint density at radius 1 is 1.00 bits per heavy atom. The number of aromatic carboxylic acids is 1. The van der Waals surface area contributed by atoms with Crippen molar-refractivity contribution in [3.8, 4) is 11.1 Å². The van der Waals surface area contributed by atoms with Crippen LogP contribution in [-0.4, -0.2) is 5.97 Å². The minimum atomic E-state index is -1.58. The normalized spacial score (nSPS) is 10.4. The molecular weight excluding hydrogens is 238 g/mol. The van der Waals surface area contributed by atoms with Gasteiger partial charge in [0.15, 0.2) is 0 Å². The van der Waals surface area contributed by atoms with E-state index in [2.05, 4.69) is 0 Å². The number of carboxylic acid groups (broad SMARTS) is 1. The monoisotopic (exact) mass is 247 g/mol. The Bertz CT molecular complexity index is 621. The number of halogens is 2. The first-order chi connectivity index (χ1) is 8.49.